The molecule has 0 aliphatic heterocycles. The number of rotatable bonds is 4. The highest BCUT2D eigenvalue weighted by molar-refractivity contribution is 5.60. The summed E-state index contributed by atoms with van der Waals surface area (Å²) in [5.74, 6) is 0.0149. The predicted molar refractivity (Wildman–Crippen MR) is 70.8 cm³/mol. The van der Waals surface area contributed by atoms with Crippen molar-refractivity contribution in [2.24, 2.45) is 5.73 Å². The normalized spacial score (nSPS) is 12.7. The summed E-state index contributed by atoms with van der Waals surface area (Å²) in [6.07, 6.45) is 2.31. The van der Waals surface area contributed by atoms with Gasteiger partial charge in [-0.15, -0.1) is 0 Å². The molecule has 0 saturated carbocycles. The van der Waals surface area contributed by atoms with Crippen molar-refractivity contribution in [3.63, 3.8) is 0 Å². The van der Waals surface area contributed by atoms with E-state index < -0.39 is 11.6 Å². The molecule has 0 bridgehead atoms. The second-order valence-electron chi connectivity index (χ2n) is 4.74. The van der Waals surface area contributed by atoms with Crippen LogP contribution in [0.25, 0.3) is 11.3 Å². The Balaban J connectivity index is 2.35. The molecule has 0 spiro atoms. The number of aryl methyl sites for hydroxylation is 1. The molecule has 1 aromatic carbocycles. The molecule has 3 nitrogen and oxygen atoms in total. The van der Waals surface area contributed by atoms with Crippen LogP contribution in [-0.4, -0.2) is 16.5 Å². The number of hydrogen-bond acceptors (Lipinski definition) is 2. The molecule has 0 amide bonds. The van der Waals surface area contributed by atoms with Gasteiger partial charge in [-0.25, -0.2) is 13.8 Å². The monoisotopic (exact) mass is 265 g/mol. The Morgan fingerprint density at radius 1 is 1.32 bits per heavy atom. The quantitative estimate of drug-likeness (QED) is 0.892. The van der Waals surface area contributed by atoms with E-state index in [2.05, 4.69) is 9.97 Å². The fraction of sp³-hybridized carbons (Fsp3) is 0.357. The summed E-state index contributed by atoms with van der Waals surface area (Å²) in [6, 6.07) is 2.38. The molecule has 2 rings (SSSR count). The van der Waals surface area contributed by atoms with Crippen LogP contribution in [0.5, 0.6) is 0 Å². The number of imidazole rings is 1. The maximum absolute atomic E-state index is 13.8. The molecule has 102 valence electrons. The van der Waals surface area contributed by atoms with Crippen molar-refractivity contribution < 1.29 is 8.78 Å². The van der Waals surface area contributed by atoms with Crippen molar-refractivity contribution in [3.05, 3.63) is 41.4 Å². The molecule has 0 aliphatic rings. The van der Waals surface area contributed by atoms with Crippen LogP contribution in [0.4, 0.5) is 8.78 Å². The molecule has 1 heterocycles. The molecule has 0 fully saturated rings. The summed E-state index contributed by atoms with van der Waals surface area (Å²) < 4.78 is 27.4. The van der Waals surface area contributed by atoms with E-state index in [1.54, 1.807) is 0 Å². The molecule has 5 heteroatoms. The van der Waals surface area contributed by atoms with Gasteiger partial charge in [0, 0.05) is 11.5 Å². The van der Waals surface area contributed by atoms with Crippen molar-refractivity contribution >= 4 is 0 Å². The van der Waals surface area contributed by atoms with E-state index in [0.29, 0.717) is 12.2 Å². The van der Waals surface area contributed by atoms with Gasteiger partial charge in [-0.2, -0.15) is 0 Å². The minimum absolute atomic E-state index is 0.164. The van der Waals surface area contributed by atoms with E-state index in [1.165, 1.54) is 25.3 Å². The first-order valence-electron chi connectivity index (χ1n) is 6.24. The minimum Gasteiger partial charge on any atom is -0.342 e. The Bertz CT molecular complexity index is 578. The zero-order valence-corrected chi connectivity index (χ0v) is 11.0. The van der Waals surface area contributed by atoms with Crippen molar-refractivity contribution in [2.75, 3.05) is 6.54 Å². The smallest absolute Gasteiger partial charge is 0.133 e. The molecule has 0 radical (unpaired) electrons. The number of H-pyrrole nitrogens is 1. The van der Waals surface area contributed by atoms with Crippen molar-refractivity contribution in [3.8, 4) is 11.3 Å². The van der Waals surface area contributed by atoms with E-state index in [1.807, 2.05) is 6.92 Å². The lowest BCUT2D eigenvalue weighted by Gasteiger charge is -2.06. The number of halogens is 2. The number of aromatic nitrogens is 2. The highest BCUT2D eigenvalue weighted by Crippen LogP contribution is 2.26. The van der Waals surface area contributed by atoms with Crippen LogP contribution < -0.4 is 5.73 Å². The number of nitrogens with zero attached hydrogens (tertiary/aromatic N) is 1. The van der Waals surface area contributed by atoms with E-state index >= 15 is 0 Å². The molecule has 1 unspecified atom stereocenters. The molecule has 0 saturated heterocycles. The van der Waals surface area contributed by atoms with Gasteiger partial charge >= 0.3 is 0 Å². The third-order valence-corrected chi connectivity index (χ3v) is 3.20. The zero-order valence-electron chi connectivity index (χ0n) is 11.0. The van der Waals surface area contributed by atoms with Crippen LogP contribution in [0.3, 0.4) is 0 Å². The Kier molecular flexibility index (Phi) is 3.95. The number of nitrogens with one attached hydrogen (secondary N) is 1. The average molecular weight is 265 g/mol. The van der Waals surface area contributed by atoms with Gasteiger partial charge in [0.05, 0.1) is 11.9 Å². The second-order valence-corrected chi connectivity index (χ2v) is 4.74. The molecule has 2 aromatic rings. The summed E-state index contributed by atoms with van der Waals surface area (Å²) in [7, 11) is 0. The lowest BCUT2D eigenvalue weighted by Crippen LogP contribution is -2.05. The Morgan fingerprint density at radius 3 is 2.74 bits per heavy atom. The lowest BCUT2D eigenvalue weighted by molar-refractivity contribution is 0.594. The summed E-state index contributed by atoms with van der Waals surface area (Å²) in [5, 5.41) is 0. The van der Waals surface area contributed by atoms with E-state index in [4.69, 9.17) is 5.73 Å². The number of hydrogen-bond donors (Lipinski definition) is 2. The molecule has 0 aliphatic carbocycles. The Labute approximate surface area is 110 Å². The molecule has 1 aromatic heterocycles. The minimum atomic E-state index is -0.458. The topological polar surface area (TPSA) is 54.7 Å². The largest absolute Gasteiger partial charge is 0.342 e. The Hall–Kier alpha value is -1.75. The third kappa shape index (κ3) is 2.81. The number of benzene rings is 1. The molecular formula is C14H17F2N3. The standard InChI is InChI=1S/C14H17F2N3/c1-8(3-4-17)14-18-7-13(19-14)10-6-11(15)9(2)5-12(10)16/h5-8H,3-4,17H2,1-2H3,(H,18,19). The summed E-state index contributed by atoms with van der Waals surface area (Å²) in [4.78, 5) is 7.23. The number of aromatic amines is 1. The Morgan fingerprint density at radius 2 is 2.05 bits per heavy atom. The number of nitrogens with two attached hydrogens (primary N) is 1. The van der Waals surface area contributed by atoms with Crippen LogP contribution in [0.2, 0.25) is 0 Å². The fourth-order valence-corrected chi connectivity index (χ4v) is 1.96. The molecule has 1 atom stereocenters. The highest BCUT2D eigenvalue weighted by Gasteiger charge is 2.14. The van der Waals surface area contributed by atoms with Crippen LogP contribution in [0, 0.1) is 18.6 Å². The van der Waals surface area contributed by atoms with Crippen molar-refractivity contribution in [2.45, 2.75) is 26.2 Å². The third-order valence-electron chi connectivity index (χ3n) is 3.20. The second kappa shape index (κ2) is 5.48. The van der Waals surface area contributed by atoms with Gasteiger partial charge in [-0.3, -0.25) is 0 Å². The van der Waals surface area contributed by atoms with Gasteiger partial charge in [0.2, 0.25) is 0 Å². The maximum atomic E-state index is 13.8. The molecule has 3 N–H and O–H groups in total. The first-order chi connectivity index (χ1) is 9.02. The average Bonchev–Trinajstić information content (AvgIpc) is 2.83. The van der Waals surface area contributed by atoms with Crippen LogP contribution in [0.15, 0.2) is 18.3 Å². The van der Waals surface area contributed by atoms with Crippen LogP contribution >= 0.6 is 0 Å². The summed E-state index contributed by atoms with van der Waals surface area (Å²) in [5.41, 5.74) is 6.46. The van der Waals surface area contributed by atoms with Gasteiger partial charge in [0.15, 0.2) is 0 Å². The van der Waals surface area contributed by atoms with E-state index in [-0.39, 0.29) is 17.0 Å². The highest BCUT2D eigenvalue weighted by atomic mass is 19.1. The first kappa shape index (κ1) is 13.7. The van der Waals surface area contributed by atoms with Crippen molar-refractivity contribution in [1.82, 2.24) is 9.97 Å². The summed E-state index contributed by atoms with van der Waals surface area (Å²) in [6.45, 7) is 4.08. The summed E-state index contributed by atoms with van der Waals surface area (Å²) >= 11 is 0. The predicted octanol–water partition coefficient (Wildman–Crippen LogP) is 3.12. The molecular weight excluding hydrogens is 248 g/mol. The van der Waals surface area contributed by atoms with Crippen LogP contribution in [0.1, 0.15) is 30.7 Å². The van der Waals surface area contributed by atoms with Gasteiger partial charge in [-0.05, 0) is 37.6 Å². The zero-order chi connectivity index (χ0) is 14.0. The molecule has 19 heavy (non-hydrogen) atoms. The van der Waals surface area contributed by atoms with Crippen LogP contribution in [-0.2, 0) is 0 Å². The van der Waals surface area contributed by atoms with Gasteiger partial charge < -0.3 is 10.7 Å². The first-order valence-corrected chi connectivity index (χ1v) is 6.24. The maximum Gasteiger partial charge on any atom is 0.133 e. The van der Waals surface area contributed by atoms with Gasteiger partial charge in [0.25, 0.3) is 0 Å². The van der Waals surface area contributed by atoms with E-state index in [0.717, 1.165) is 12.2 Å². The van der Waals surface area contributed by atoms with E-state index in [9.17, 15) is 8.78 Å². The van der Waals surface area contributed by atoms with Gasteiger partial charge in [-0.1, -0.05) is 6.92 Å². The van der Waals surface area contributed by atoms with Gasteiger partial charge in [0.1, 0.15) is 17.5 Å². The SMILES string of the molecule is Cc1cc(F)c(-c2cnc(C(C)CCN)[nH]2)cc1F. The fourth-order valence-electron chi connectivity index (χ4n) is 1.96. The lowest BCUT2D eigenvalue weighted by atomic mass is 10.1. The van der Waals surface area contributed by atoms with Crippen molar-refractivity contribution in [1.29, 1.82) is 0 Å².